The molecule has 0 heteroatoms. The minimum atomic E-state index is -0.0157. The maximum atomic E-state index is 2.41. The first-order valence-electron chi connectivity index (χ1n) is 17.1. The van der Waals surface area contributed by atoms with Crippen LogP contribution in [-0.2, 0) is 17.3 Å². The van der Waals surface area contributed by atoms with Gasteiger partial charge in [0.1, 0.15) is 0 Å². The summed E-state index contributed by atoms with van der Waals surface area (Å²) in [5.74, 6) is 0. The Bertz CT molecular complexity index is 1750. The molecule has 2 aliphatic rings. The van der Waals surface area contributed by atoms with Crippen molar-refractivity contribution in [1.29, 1.82) is 0 Å². The summed E-state index contributed by atoms with van der Waals surface area (Å²) in [7, 11) is 0. The largest absolute Gasteiger partial charge is 0.0776 e. The van der Waals surface area contributed by atoms with E-state index in [9.17, 15) is 0 Å². The third-order valence-electron chi connectivity index (χ3n) is 9.97. The molecule has 4 aromatic rings. The van der Waals surface area contributed by atoms with Crippen LogP contribution in [0.3, 0.4) is 0 Å². The summed E-state index contributed by atoms with van der Waals surface area (Å²) >= 11 is 0. The van der Waals surface area contributed by atoms with Gasteiger partial charge in [-0.05, 0) is 74.2 Å². The highest BCUT2D eigenvalue weighted by Gasteiger charge is 2.37. The fraction of sp³-hybridized carbons (Fsp3) is 0.378. The molecular weight excluding hydrogens is 540 g/mol. The second-order valence-electron chi connectivity index (χ2n) is 13.7. The lowest BCUT2D eigenvalue weighted by molar-refractivity contribution is 0.649. The molecule has 0 N–H and O–H groups in total. The van der Waals surface area contributed by atoms with Crippen LogP contribution < -0.4 is 0 Å². The van der Waals surface area contributed by atoms with Crippen molar-refractivity contribution in [1.82, 2.24) is 0 Å². The number of hydrogen-bond acceptors (Lipinski definition) is 0. The smallest absolute Gasteiger partial charge is 0.0161 e. The number of rotatable bonds is 8. The standard InChI is InChI=1S/C39H40.C5H12.CH4/c1-6-7-18-33-34-25-24-28-16-12-14-20-32(28)37(34)39(4,5)35(33)21-10-8-9-17-30-26-29-23-22-27-15-11-13-19-31(27)36(29)38(30,2)3;1-3-5-4-2;/h8-17,19-25H,6-7,18,26H2,1-5H3;3-5H2,1-2H3;1H4/b9-8+,21-10+,30-17+;;. The monoisotopic (exact) mass is 596 g/mol. The van der Waals surface area contributed by atoms with Gasteiger partial charge in [-0.25, -0.2) is 0 Å². The molecule has 236 valence electrons. The number of benzene rings is 4. The number of unbranched alkanes of at least 4 members (excludes halogenated alkanes) is 3. The summed E-state index contributed by atoms with van der Waals surface area (Å²) in [5.41, 5.74) is 10.4. The van der Waals surface area contributed by atoms with Gasteiger partial charge in [-0.2, -0.15) is 0 Å². The third-order valence-corrected chi connectivity index (χ3v) is 9.97. The van der Waals surface area contributed by atoms with Gasteiger partial charge < -0.3 is 0 Å². The quantitative estimate of drug-likeness (QED) is 0.177. The van der Waals surface area contributed by atoms with E-state index in [0.29, 0.717) is 0 Å². The Labute approximate surface area is 274 Å². The number of allylic oxidation sites excluding steroid dienone is 8. The van der Waals surface area contributed by atoms with E-state index >= 15 is 0 Å². The van der Waals surface area contributed by atoms with Crippen molar-refractivity contribution in [2.24, 2.45) is 0 Å². The summed E-state index contributed by atoms with van der Waals surface area (Å²) in [4.78, 5) is 0. The van der Waals surface area contributed by atoms with Crippen molar-refractivity contribution in [2.75, 3.05) is 0 Å². The molecule has 0 bridgehead atoms. The maximum Gasteiger partial charge on any atom is 0.0161 e. The molecule has 0 aromatic heterocycles. The molecule has 0 amide bonds. The Kier molecular flexibility index (Phi) is 11.1. The Morgan fingerprint density at radius 3 is 1.84 bits per heavy atom. The zero-order chi connectivity index (χ0) is 31.3. The second kappa shape index (κ2) is 14.6. The van der Waals surface area contributed by atoms with Crippen LogP contribution in [0.15, 0.2) is 114 Å². The van der Waals surface area contributed by atoms with E-state index in [1.807, 2.05) is 0 Å². The van der Waals surface area contributed by atoms with Crippen LogP contribution in [0, 0.1) is 0 Å². The summed E-state index contributed by atoms with van der Waals surface area (Å²) in [6.45, 7) is 16.3. The van der Waals surface area contributed by atoms with Crippen LogP contribution in [0.2, 0.25) is 0 Å². The molecular formula is C45H56. The van der Waals surface area contributed by atoms with E-state index in [0.717, 1.165) is 12.8 Å². The van der Waals surface area contributed by atoms with Gasteiger partial charge in [0.05, 0.1) is 0 Å². The number of fused-ring (bicyclic) bond motifs is 6. The predicted molar refractivity (Wildman–Crippen MR) is 202 cm³/mol. The van der Waals surface area contributed by atoms with E-state index in [-0.39, 0.29) is 18.3 Å². The summed E-state index contributed by atoms with van der Waals surface area (Å²) in [5, 5.41) is 5.47. The van der Waals surface area contributed by atoms with Gasteiger partial charge in [-0.15, -0.1) is 0 Å². The molecule has 0 spiro atoms. The van der Waals surface area contributed by atoms with Crippen molar-refractivity contribution in [2.45, 2.75) is 112 Å². The van der Waals surface area contributed by atoms with Gasteiger partial charge in [0, 0.05) is 10.8 Å². The molecule has 0 aliphatic heterocycles. The fourth-order valence-corrected chi connectivity index (χ4v) is 7.58. The molecule has 2 aliphatic carbocycles. The Morgan fingerprint density at radius 1 is 0.622 bits per heavy atom. The van der Waals surface area contributed by atoms with Gasteiger partial charge in [-0.3, -0.25) is 0 Å². The summed E-state index contributed by atoms with van der Waals surface area (Å²) < 4.78 is 0. The van der Waals surface area contributed by atoms with Gasteiger partial charge in [0.25, 0.3) is 0 Å². The molecule has 45 heavy (non-hydrogen) atoms. The number of hydrogen-bond donors (Lipinski definition) is 0. The molecule has 0 saturated heterocycles. The lowest BCUT2D eigenvalue weighted by Crippen LogP contribution is -2.16. The van der Waals surface area contributed by atoms with Crippen LogP contribution in [-0.4, -0.2) is 0 Å². The average molecular weight is 597 g/mol. The van der Waals surface area contributed by atoms with E-state index in [1.54, 1.807) is 0 Å². The Hall–Kier alpha value is -3.64. The minimum absolute atomic E-state index is 0. The topological polar surface area (TPSA) is 0 Å². The lowest BCUT2D eigenvalue weighted by Gasteiger charge is -2.24. The summed E-state index contributed by atoms with van der Waals surface area (Å²) in [6.07, 6.45) is 20.2. The first-order valence-corrected chi connectivity index (χ1v) is 17.1. The van der Waals surface area contributed by atoms with Crippen LogP contribution in [0.25, 0.3) is 27.1 Å². The highest BCUT2D eigenvalue weighted by Crippen LogP contribution is 2.51. The first-order chi connectivity index (χ1) is 21.2. The normalized spacial score (nSPS) is 17.2. The first kappa shape index (κ1) is 34.2. The molecule has 0 radical (unpaired) electrons. The SMILES string of the molecule is C.CCCCC.CCCCC1=C(/C=C/C=C/C=C2\Cc3ccc4ccccc4c3C2(C)C)C(C)(C)c2c1ccc1ccccc21. The highest BCUT2D eigenvalue weighted by atomic mass is 14.4. The molecule has 0 unspecified atom stereocenters. The highest BCUT2D eigenvalue weighted by molar-refractivity contribution is 5.96. The van der Waals surface area contributed by atoms with Crippen molar-refractivity contribution < 1.29 is 0 Å². The molecule has 0 fully saturated rings. The van der Waals surface area contributed by atoms with Crippen LogP contribution in [0.5, 0.6) is 0 Å². The van der Waals surface area contributed by atoms with E-state index in [1.165, 1.54) is 92.6 Å². The van der Waals surface area contributed by atoms with Crippen LogP contribution in [0.1, 0.15) is 117 Å². The minimum Gasteiger partial charge on any atom is -0.0776 e. The van der Waals surface area contributed by atoms with E-state index < -0.39 is 0 Å². The molecule has 6 rings (SSSR count). The van der Waals surface area contributed by atoms with Crippen molar-refractivity contribution in [3.8, 4) is 0 Å². The molecule has 0 atom stereocenters. The average Bonchev–Trinajstić information content (AvgIpc) is 3.41. The van der Waals surface area contributed by atoms with Gasteiger partial charge >= 0.3 is 0 Å². The van der Waals surface area contributed by atoms with Crippen molar-refractivity contribution in [3.63, 3.8) is 0 Å². The molecule has 0 heterocycles. The van der Waals surface area contributed by atoms with Gasteiger partial charge in [-0.1, -0.05) is 190 Å². The molecule has 4 aromatic carbocycles. The third kappa shape index (κ3) is 6.67. The predicted octanol–water partition coefficient (Wildman–Crippen LogP) is 13.6. The van der Waals surface area contributed by atoms with Crippen LogP contribution >= 0.6 is 0 Å². The zero-order valence-electron chi connectivity index (χ0n) is 28.3. The van der Waals surface area contributed by atoms with Crippen LogP contribution in [0.4, 0.5) is 0 Å². The fourth-order valence-electron chi connectivity index (χ4n) is 7.58. The van der Waals surface area contributed by atoms with Gasteiger partial charge in [0.15, 0.2) is 0 Å². The zero-order valence-corrected chi connectivity index (χ0v) is 28.3. The molecule has 0 nitrogen and oxygen atoms in total. The Balaban J connectivity index is 0.000000714. The molecule has 0 saturated carbocycles. The lowest BCUT2D eigenvalue weighted by atomic mass is 9.79. The van der Waals surface area contributed by atoms with E-state index in [4.69, 9.17) is 0 Å². The van der Waals surface area contributed by atoms with E-state index in [2.05, 4.69) is 152 Å². The van der Waals surface area contributed by atoms with Crippen molar-refractivity contribution in [3.05, 3.63) is 137 Å². The van der Waals surface area contributed by atoms with Gasteiger partial charge in [0.2, 0.25) is 0 Å². The second-order valence-corrected chi connectivity index (χ2v) is 13.7. The Morgan fingerprint density at radius 2 is 1.22 bits per heavy atom. The van der Waals surface area contributed by atoms with Crippen molar-refractivity contribution >= 4 is 27.1 Å². The summed E-state index contributed by atoms with van der Waals surface area (Å²) in [6, 6.07) is 27.0. The maximum absolute atomic E-state index is 2.41.